The highest BCUT2D eigenvalue weighted by Gasteiger charge is 2.21. The Labute approximate surface area is 104 Å². The average Bonchev–Trinajstić information content (AvgIpc) is 2.25. The molecule has 0 radical (unpaired) electrons. The van der Waals surface area contributed by atoms with Gasteiger partial charge in [-0.1, -0.05) is 37.6 Å². The number of rotatable bonds is 5. The molecule has 1 aliphatic rings. The minimum Gasteiger partial charge on any atom is -0.123 e. The Kier molecular flexibility index (Phi) is 4.29. The van der Waals surface area contributed by atoms with Gasteiger partial charge in [0.25, 0.3) is 0 Å². The number of halogens is 1. The minimum absolute atomic E-state index is 0.342. The van der Waals surface area contributed by atoms with Crippen molar-refractivity contribution >= 4 is 11.6 Å². The molecule has 0 aromatic heterocycles. The fourth-order valence-corrected chi connectivity index (χ4v) is 2.50. The normalized spacial score (nSPS) is 18.1. The molecular weight excluding hydrogens is 216 g/mol. The van der Waals surface area contributed by atoms with E-state index in [4.69, 9.17) is 11.6 Å². The summed E-state index contributed by atoms with van der Waals surface area (Å²) in [6.45, 7) is 2.16. The summed E-state index contributed by atoms with van der Waals surface area (Å²) in [5, 5.41) is 0.342. The first-order valence-corrected chi connectivity index (χ1v) is 6.96. The second kappa shape index (κ2) is 5.72. The van der Waals surface area contributed by atoms with E-state index in [1.165, 1.54) is 24.8 Å². The second-order valence-corrected chi connectivity index (χ2v) is 5.49. The lowest BCUT2D eigenvalue weighted by atomic mass is 9.77. The second-order valence-electron chi connectivity index (χ2n) is 4.87. The van der Waals surface area contributed by atoms with Crippen LogP contribution in [0.5, 0.6) is 0 Å². The fraction of sp³-hybridized carbons (Fsp3) is 0.600. The van der Waals surface area contributed by atoms with Gasteiger partial charge in [-0.15, -0.1) is 11.6 Å². The van der Waals surface area contributed by atoms with Gasteiger partial charge in [-0.3, -0.25) is 0 Å². The molecule has 1 aromatic carbocycles. The van der Waals surface area contributed by atoms with Crippen LogP contribution in [-0.2, 0) is 6.42 Å². The summed E-state index contributed by atoms with van der Waals surface area (Å²) in [4.78, 5) is 0. The highest BCUT2D eigenvalue weighted by molar-refractivity contribution is 6.20. The molecule has 0 bridgehead atoms. The Balaban J connectivity index is 2.01. The quantitative estimate of drug-likeness (QED) is 0.638. The Morgan fingerprint density at radius 3 is 2.69 bits per heavy atom. The van der Waals surface area contributed by atoms with Crippen molar-refractivity contribution in [3.63, 3.8) is 0 Å². The van der Waals surface area contributed by atoms with Gasteiger partial charge in [-0.05, 0) is 49.1 Å². The van der Waals surface area contributed by atoms with Crippen LogP contribution in [0.3, 0.4) is 0 Å². The molecule has 1 heteroatoms. The molecule has 0 heterocycles. The zero-order valence-corrected chi connectivity index (χ0v) is 10.8. The van der Waals surface area contributed by atoms with E-state index in [1.807, 2.05) is 0 Å². The van der Waals surface area contributed by atoms with Crippen LogP contribution in [0, 0.1) is 0 Å². The lowest BCUT2D eigenvalue weighted by Gasteiger charge is -2.28. The summed E-state index contributed by atoms with van der Waals surface area (Å²) in [5.74, 6) is 0.839. The number of alkyl halides is 1. The summed E-state index contributed by atoms with van der Waals surface area (Å²) in [6, 6.07) is 8.93. The van der Waals surface area contributed by atoms with Gasteiger partial charge in [0.2, 0.25) is 0 Å². The highest BCUT2D eigenvalue weighted by Crippen LogP contribution is 2.38. The summed E-state index contributed by atoms with van der Waals surface area (Å²) < 4.78 is 0. The van der Waals surface area contributed by atoms with Crippen LogP contribution in [0.2, 0.25) is 0 Å². The first-order valence-electron chi connectivity index (χ1n) is 6.53. The van der Waals surface area contributed by atoms with E-state index < -0.39 is 0 Å². The maximum atomic E-state index is 6.19. The monoisotopic (exact) mass is 236 g/mol. The maximum Gasteiger partial charge on any atom is 0.0336 e. The van der Waals surface area contributed by atoms with Crippen molar-refractivity contribution in [2.24, 2.45) is 0 Å². The van der Waals surface area contributed by atoms with E-state index in [-0.39, 0.29) is 0 Å². The Hall–Kier alpha value is -0.490. The summed E-state index contributed by atoms with van der Waals surface area (Å²) in [6.07, 6.45) is 7.51. The molecule has 1 aromatic rings. The number of hydrogen-bond acceptors (Lipinski definition) is 0. The number of benzene rings is 1. The third-order valence-corrected chi connectivity index (χ3v) is 4.30. The SMILES string of the molecule is CCC(Cl)CCc1ccccc1C1CCC1. The molecule has 0 N–H and O–H groups in total. The topological polar surface area (TPSA) is 0 Å². The molecule has 1 fully saturated rings. The van der Waals surface area contributed by atoms with Crippen molar-refractivity contribution < 1.29 is 0 Å². The van der Waals surface area contributed by atoms with Crippen molar-refractivity contribution in [2.45, 2.75) is 56.7 Å². The van der Waals surface area contributed by atoms with E-state index in [9.17, 15) is 0 Å². The van der Waals surface area contributed by atoms with Gasteiger partial charge in [0.1, 0.15) is 0 Å². The number of aryl methyl sites for hydroxylation is 1. The Morgan fingerprint density at radius 2 is 2.06 bits per heavy atom. The van der Waals surface area contributed by atoms with E-state index in [0.29, 0.717) is 5.38 Å². The summed E-state index contributed by atoms with van der Waals surface area (Å²) in [7, 11) is 0. The van der Waals surface area contributed by atoms with Gasteiger partial charge in [-0.25, -0.2) is 0 Å². The standard InChI is InChI=1S/C15H21Cl/c1-2-14(16)11-10-13-6-3-4-9-15(13)12-7-5-8-12/h3-4,6,9,12,14H,2,5,7-8,10-11H2,1H3. The van der Waals surface area contributed by atoms with E-state index in [0.717, 1.165) is 25.2 Å². The third kappa shape index (κ3) is 2.79. The van der Waals surface area contributed by atoms with E-state index in [1.54, 1.807) is 5.56 Å². The zero-order chi connectivity index (χ0) is 11.4. The first kappa shape index (κ1) is 12.0. The third-order valence-electron chi connectivity index (χ3n) is 3.77. The first-order chi connectivity index (χ1) is 7.81. The largest absolute Gasteiger partial charge is 0.123 e. The fourth-order valence-electron chi connectivity index (χ4n) is 2.40. The van der Waals surface area contributed by atoms with Crippen LogP contribution in [0.15, 0.2) is 24.3 Å². The molecule has 0 nitrogen and oxygen atoms in total. The minimum atomic E-state index is 0.342. The molecule has 1 unspecified atom stereocenters. The Bertz CT molecular complexity index is 328. The molecule has 1 saturated carbocycles. The van der Waals surface area contributed by atoms with Gasteiger partial charge < -0.3 is 0 Å². The van der Waals surface area contributed by atoms with Gasteiger partial charge in [0.15, 0.2) is 0 Å². The van der Waals surface area contributed by atoms with Crippen molar-refractivity contribution in [3.05, 3.63) is 35.4 Å². The van der Waals surface area contributed by atoms with Crippen LogP contribution in [0.25, 0.3) is 0 Å². The average molecular weight is 237 g/mol. The molecule has 16 heavy (non-hydrogen) atoms. The van der Waals surface area contributed by atoms with Gasteiger partial charge in [0, 0.05) is 5.38 Å². The van der Waals surface area contributed by atoms with Crippen molar-refractivity contribution in [1.29, 1.82) is 0 Å². The maximum absolute atomic E-state index is 6.19. The van der Waals surface area contributed by atoms with Crippen molar-refractivity contribution in [3.8, 4) is 0 Å². The van der Waals surface area contributed by atoms with E-state index >= 15 is 0 Å². The van der Waals surface area contributed by atoms with Crippen LogP contribution in [0.4, 0.5) is 0 Å². The lowest BCUT2D eigenvalue weighted by Crippen LogP contribution is -2.11. The van der Waals surface area contributed by atoms with Crippen molar-refractivity contribution in [1.82, 2.24) is 0 Å². The predicted molar refractivity (Wildman–Crippen MR) is 71.3 cm³/mol. The van der Waals surface area contributed by atoms with Crippen LogP contribution in [0.1, 0.15) is 56.1 Å². The van der Waals surface area contributed by atoms with Gasteiger partial charge >= 0.3 is 0 Å². The predicted octanol–water partition coefficient (Wildman–Crippen LogP) is 4.90. The van der Waals surface area contributed by atoms with Gasteiger partial charge in [-0.2, -0.15) is 0 Å². The summed E-state index contributed by atoms with van der Waals surface area (Å²) in [5.41, 5.74) is 3.13. The molecule has 0 saturated heterocycles. The molecular formula is C15H21Cl. The van der Waals surface area contributed by atoms with Gasteiger partial charge in [0.05, 0.1) is 0 Å². The summed E-state index contributed by atoms with van der Waals surface area (Å²) >= 11 is 6.19. The van der Waals surface area contributed by atoms with Crippen LogP contribution in [-0.4, -0.2) is 5.38 Å². The Morgan fingerprint density at radius 1 is 1.31 bits per heavy atom. The molecule has 88 valence electrons. The molecule has 0 amide bonds. The van der Waals surface area contributed by atoms with Crippen LogP contribution < -0.4 is 0 Å². The number of hydrogen-bond donors (Lipinski definition) is 0. The molecule has 0 spiro atoms. The molecule has 0 aliphatic heterocycles. The smallest absolute Gasteiger partial charge is 0.0336 e. The molecule has 1 atom stereocenters. The molecule has 1 aliphatic carbocycles. The zero-order valence-electron chi connectivity index (χ0n) is 10.1. The highest BCUT2D eigenvalue weighted by atomic mass is 35.5. The lowest BCUT2D eigenvalue weighted by molar-refractivity contribution is 0.417. The van der Waals surface area contributed by atoms with E-state index in [2.05, 4.69) is 31.2 Å². The molecule has 2 rings (SSSR count). The van der Waals surface area contributed by atoms with Crippen molar-refractivity contribution in [2.75, 3.05) is 0 Å². The van der Waals surface area contributed by atoms with Crippen LogP contribution >= 0.6 is 11.6 Å².